The maximum Gasteiger partial charge on any atom is 0.414 e. The van der Waals surface area contributed by atoms with E-state index in [1.807, 2.05) is 32.0 Å². The molecule has 1 unspecified atom stereocenters. The van der Waals surface area contributed by atoms with Crippen molar-refractivity contribution in [3.05, 3.63) is 53.3 Å². The van der Waals surface area contributed by atoms with Crippen LogP contribution in [-0.2, 0) is 17.8 Å². The Labute approximate surface area is 181 Å². The molecule has 2 aliphatic rings. The van der Waals surface area contributed by atoms with Crippen LogP contribution in [0.25, 0.3) is 11.1 Å². The van der Waals surface area contributed by atoms with Gasteiger partial charge in [0.1, 0.15) is 11.9 Å². The summed E-state index contributed by atoms with van der Waals surface area (Å²) in [6, 6.07) is 10.3. The van der Waals surface area contributed by atoms with E-state index in [-0.39, 0.29) is 19.1 Å². The van der Waals surface area contributed by atoms with Crippen LogP contribution in [0.2, 0.25) is 0 Å². The zero-order valence-electron chi connectivity index (χ0n) is 18.1. The van der Waals surface area contributed by atoms with Crippen molar-refractivity contribution >= 4 is 17.7 Å². The summed E-state index contributed by atoms with van der Waals surface area (Å²) >= 11 is 0. The van der Waals surface area contributed by atoms with E-state index in [2.05, 4.69) is 5.73 Å². The average molecular weight is 432 g/mol. The lowest BCUT2D eigenvalue weighted by molar-refractivity contribution is 0.0963. The van der Waals surface area contributed by atoms with E-state index >= 15 is 0 Å². The van der Waals surface area contributed by atoms with E-state index in [0.29, 0.717) is 24.3 Å². The number of halogens is 1. The molecule has 2 heterocycles. The second kappa shape index (κ2) is 10.7. The van der Waals surface area contributed by atoms with Crippen LogP contribution in [0.15, 0.2) is 36.4 Å². The van der Waals surface area contributed by atoms with Crippen molar-refractivity contribution in [1.29, 1.82) is 5.41 Å². The smallest absolute Gasteiger partial charge is 0.414 e. The number of guanidine groups is 1. The topological polar surface area (TPSA) is 129 Å². The van der Waals surface area contributed by atoms with Crippen molar-refractivity contribution in [3.63, 3.8) is 0 Å². The van der Waals surface area contributed by atoms with Crippen LogP contribution in [0, 0.1) is 11.2 Å². The molecule has 8 nitrogen and oxygen atoms in total. The number of hydrogen-bond donors (Lipinski definition) is 4. The number of fused-ring (bicyclic) bond motifs is 1. The number of aliphatic hydroxyl groups is 1. The van der Waals surface area contributed by atoms with Crippen LogP contribution in [0.5, 0.6) is 0 Å². The fourth-order valence-corrected chi connectivity index (χ4v) is 3.47. The Morgan fingerprint density at radius 1 is 1.19 bits per heavy atom. The summed E-state index contributed by atoms with van der Waals surface area (Å²) in [7, 11) is 1.50. The van der Waals surface area contributed by atoms with Crippen LogP contribution in [0.3, 0.4) is 0 Å². The predicted octanol–water partition coefficient (Wildman–Crippen LogP) is 2.62. The van der Waals surface area contributed by atoms with Crippen LogP contribution >= 0.6 is 0 Å². The normalized spacial score (nSPS) is 16.6. The first-order valence-corrected chi connectivity index (χ1v) is 10.1. The fourth-order valence-electron chi connectivity index (χ4n) is 3.47. The summed E-state index contributed by atoms with van der Waals surface area (Å²) < 4.78 is 19.8. The van der Waals surface area contributed by atoms with Crippen LogP contribution in [0.1, 0.15) is 25.0 Å². The summed E-state index contributed by atoms with van der Waals surface area (Å²) in [6.07, 6.45) is -1.19. The molecular weight excluding hydrogens is 401 g/mol. The minimum absolute atomic E-state index is 0.0157. The number of carbonyl (C=O) groups excluding carboxylic acids is 1. The first-order chi connectivity index (χ1) is 15.0. The number of amides is 1. The van der Waals surface area contributed by atoms with Crippen LogP contribution in [0.4, 0.5) is 14.9 Å². The van der Waals surface area contributed by atoms with Gasteiger partial charge in [0.2, 0.25) is 0 Å². The van der Waals surface area contributed by atoms with Crippen LogP contribution < -0.4 is 16.4 Å². The molecule has 1 atom stereocenters. The van der Waals surface area contributed by atoms with Gasteiger partial charge in [-0.2, -0.15) is 0 Å². The number of cyclic esters (lactones) is 1. The third-order valence-corrected chi connectivity index (χ3v) is 4.92. The molecule has 2 aromatic carbocycles. The van der Waals surface area contributed by atoms with E-state index in [1.54, 1.807) is 17.0 Å². The largest absolute Gasteiger partial charge is 0.441 e. The third-order valence-electron chi connectivity index (χ3n) is 4.92. The maximum absolute atomic E-state index is 14.8. The van der Waals surface area contributed by atoms with Gasteiger partial charge in [0.25, 0.3) is 0 Å². The van der Waals surface area contributed by atoms with Crippen molar-refractivity contribution in [3.8, 4) is 11.1 Å². The van der Waals surface area contributed by atoms with Crippen molar-refractivity contribution in [2.45, 2.75) is 33.0 Å². The van der Waals surface area contributed by atoms with Gasteiger partial charge in [-0.05, 0) is 48.0 Å². The molecule has 1 saturated heterocycles. The highest BCUT2D eigenvalue weighted by atomic mass is 19.1. The standard InChI is InChI=1S/C19H19FN4O3.C2H6.CH5N/c20-17-6-14(24-9-15(10-25)27-19(24)26)3-4-16(17)11-1-2-12-7-23(18(21)22)8-13(12)5-11;2*1-2/h1-6,15,25H,7-10H2,(H3,21,22);1-2H3;2H2,1H3. The number of benzene rings is 2. The molecule has 9 heteroatoms. The van der Waals surface area contributed by atoms with Crippen molar-refractivity contribution in [2.24, 2.45) is 11.5 Å². The van der Waals surface area contributed by atoms with Gasteiger partial charge in [0.15, 0.2) is 5.96 Å². The Bertz CT molecular complexity index is 937. The van der Waals surface area contributed by atoms with Gasteiger partial charge in [-0.3, -0.25) is 10.3 Å². The van der Waals surface area contributed by atoms with E-state index in [4.69, 9.17) is 21.0 Å². The molecular formula is C22H30FN5O3. The van der Waals surface area contributed by atoms with Crippen molar-refractivity contribution in [1.82, 2.24) is 4.90 Å². The van der Waals surface area contributed by atoms with Gasteiger partial charge >= 0.3 is 6.09 Å². The minimum atomic E-state index is -0.596. The molecule has 0 spiro atoms. The summed E-state index contributed by atoms with van der Waals surface area (Å²) in [4.78, 5) is 14.9. The lowest BCUT2D eigenvalue weighted by Crippen LogP contribution is -2.31. The number of anilines is 1. The van der Waals surface area contributed by atoms with E-state index in [9.17, 15) is 9.18 Å². The number of nitrogens with zero attached hydrogens (tertiary/aromatic N) is 2. The molecule has 0 saturated carbocycles. The molecule has 0 radical (unpaired) electrons. The lowest BCUT2D eigenvalue weighted by Gasteiger charge is -2.14. The number of nitrogens with two attached hydrogens (primary N) is 2. The molecule has 2 aromatic rings. The Morgan fingerprint density at radius 2 is 1.87 bits per heavy atom. The molecule has 4 rings (SSSR count). The molecule has 1 fully saturated rings. The quantitative estimate of drug-likeness (QED) is 0.437. The second-order valence-electron chi connectivity index (χ2n) is 6.69. The van der Waals surface area contributed by atoms with E-state index < -0.39 is 18.0 Å². The summed E-state index contributed by atoms with van der Waals surface area (Å²) in [6.45, 7) is 5.03. The predicted molar refractivity (Wildman–Crippen MR) is 119 cm³/mol. The molecule has 6 N–H and O–H groups in total. The molecule has 0 aromatic heterocycles. The third kappa shape index (κ3) is 5.12. The molecule has 0 bridgehead atoms. The average Bonchev–Trinajstić information content (AvgIpc) is 3.39. The molecule has 1 amide bonds. The number of carbonyl (C=O) groups is 1. The number of ether oxygens (including phenoxy) is 1. The fraction of sp³-hybridized carbons (Fsp3) is 0.364. The second-order valence-corrected chi connectivity index (χ2v) is 6.69. The molecule has 31 heavy (non-hydrogen) atoms. The molecule has 168 valence electrons. The Kier molecular flexibility index (Phi) is 8.35. The molecule has 2 aliphatic heterocycles. The highest BCUT2D eigenvalue weighted by Crippen LogP contribution is 2.32. The Morgan fingerprint density at radius 3 is 2.45 bits per heavy atom. The summed E-state index contributed by atoms with van der Waals surface area (Å²) in [5, 5.41) is 16.7. The molecule has 0 aliphatic carbocycles. The number of hydrogen-bond acceptors (Lipinski definition) is 5. The Hall–Kier alpha value is -3.17. The maximum atomic E-state index is 14.8. The van der Waals surface area contributed by atoms with Gasteiger partial charge in [0, 0.05) is 18.7 Å². The highest BCUT2D eigenvalue weighted by Gasteiger charge is 2.32. The Balaban J connectivity index is 0.000000807. The number of rotatable bonds is 3. The van der Waals surface area contributed by atoms with Gasteiger partial charge in [0.05, 0.1) is 18.8 Å². The number of nitrogens with one attached hydrogen (secondary N) is 1. The lowest BCUT2D eigenvalue weighted by atomic mass is 10.00. The minimum Gasteiger partial charge on any atom is -0.441 e. The zero-order chi connectivity index (χ0) is 23.1. The van der Waals surface area contributed by atoms with Crippen molar-refractivity contribution < 1.29 is 19.0 Å². The van der Waals surface area contributed by atoms with Crippen molar-refractivity contribution in [2.75, 3.05) is 25.1 Å². The monoisotopic (exact) mass is 431 g/mol. The SMILES string of the molecule is CC.CN.N=C(N)N1Cc2ccc(-c3ccc(N4CC(CO)OC4=O)cc3F)cc2C1. The van der Waals surface area contributed by atoms with Crippen LogP contribution in [-0.4, -0.2) is 48.4 Å². The van der Waals surface area contributed by atoms with Gasteiger partial charge in [-0.15, -0.1) is 0 Å². The highest BCUT2D eigenvalue weighted by molar-refractivity contribution is 5.90. The summed E-state index contributed by atoms with van der Waals surface area (Å²) in [5.41, 5.74) is 13.7. The van der Waals surface area contributed by atoms with Gasteiger partial charge < -0.3 is 26.2 Å². The van der Waals surface area contributed by atoms with E-state index in [0.717, 1.165) is 16.7 Å². The first kappa shape index (κ1) is 24.1. The van der Waals surface area contributed by atoms with E-state index in [1.165, 1.54) is 18.0 Å². The number of aliphatic hydroxyl groups excluding tert-OH is 1. The summed E-state index contributed by atoms with van der Waals surface area (Å²) in [5.74, 6) is -0.434. The zero-order valence-corrected chi connectivity index (χ0v) is 18.1. The first-order valence-electron chi connectivity index (χ1n) is 10.1. The van der Waals surface area contributed by atoms with Gasteiger partial charge in [-0.25, -0.2) is 9.18 Å². The van der Waals surface area contributed by atoms with Gasteiger partial charge in [-0.1, -0.05) is 26.0 Å².